The average molecular weight is 353 g/mol. The summed E-state index contributed by atoms with van der Waals surface area (Å²) >= 11 is 0. The molecule has 0 spiro atoms. The summed E-state index contributed by atoms with van der Waals surface area (Å²) in [5, 5.41) is 3.70. The van der Waals surface area contributed by atoms with Crippen molar-refractivity contribution in [1.29, 1.82) is 0 Å². The molecule has 0 amide bonds. The van der Waals surface area contributed by atoms with E-state index in [1.807, 2.05) is 12.1 Å². The summed E-state index contributed by atoms with van der Waals surface area (Å²) in [6.45, 7) is 5.30. The van der Waals surface area contributed by atoms with Crippen LogP contribution in [0.2, 0.25) is 0 Å². The van der Waals surface area contributed by atoms with Gasteiger partial charge in [0, 0.05) is 12.6 Å². The molecule has 4 heteroatoms. The normalized spacial score (nSPS) is 18.8. The summed E-state index contributed by atoms with van der Waals surface area (Å²) < 4.78 is 10.5. The van der Waals surface area contributed by atoms with Crippen LogP contribution in [-0.4, -0.2) is 25.2 Å². The van der Waals surface area contributed by atoms with Crippen LogP contribution in [0.4, 0.5) is 0 Å². The van der Waals surface area contributed by atoms with Crippen molar-refractivity contribution in [1.82, 2.24) is 5.32 Å². The number of hydrogen-bond donors (Lipinski definition) is 1. The van der Waals surface area contributed by atoms with Crippen LogP contribution in [0.5, 0.6) is 5.75 Å². The quantitative estimate of drug-likeness (QED) is 0.774. The minimum Gasteiger partial charge on any atom is -0.482 e. The molecule has 2 unspecified atom stereocenters. The van der Waals surface area contributed by atoms with Crippen LogP contribution in [0.1, 0.15) is 30.5 Å². The first-order chi connectivity index (χ1) is 12.7. The van der Waals surface area contributed by atoms with E-state index in [4.69, 9.17) is 9.47 Å². The number of nitrogens with one attached hydrogen (secondary N) is 1. The van der Waals surface area contributed by atoms with E-state index in [-0.39, 0.29) is 12.6 Å². The van der Waals surface area contributed by atoms with Crippen molar-refractivity contribution in [3.8, 4) is 5.75 Å². The highest BCUT2D eigenvalue weighted by atomic mass is 16.6. The van der Waals surface area contributed by atoms with Gasteiger partial charge in [-0.3, -0.25) is 0 Å². The summed E-state index contributed by atoms with van der Waals surface area (Å²) in [5.41, 5.74) is 3.98. The molecular formula is C22H27NO3. The lowest BCUT2D eigenvalue weighted by atomic mass is 9.81. The minimum absolute atomic E-state index is 0.0429. The lowest BCUT2D eigenvalue weighted by molar-refractivity contribution is -0.145. The van der Waals surface area contributed by atoms with Crippen molar-refractivity contribution in [3.63, 3.8) is 0 Å². The number of carbonyl (C=O) groups excluding carboxylic acids is 1. The number of rotatable bonds is 7. The van der Waals surface area contributed by atoms with Gasteiger partial charge in [-0.05, 0) is 54.5 Å². The van der Waals surface area contributed by atoms with Gasteiger partial charge in [-0.25, -0.2) is 4.79 Å². The molecule has 3 rings (SSSR count). The van der Waals surface area contributed by atoms with Crippen molar-refractivity contribution < 1.29 is 14.3 Å². The summed E-state index contributed by atoms with van der Waals surface area (Å²) in [4.78, 5) is 11.5. The molecule has 0 fully saturated rings. The molecule has 2 atom stereocenters. The third kappa shape index (κ3) is 4.85. The van der Waals surface area contributed by atoms with Crippen LogP contribution in [0.25, 0.3) is 0 Å². The Morgan fingerprint density at radius 1 is 1.12 bits per heavy atom. The Kier molecular flexibility index (Phi) is 6.29. The summed E-state index contributed by atoms with van der Waals surface area (Å²) in [5.74, 6) is 0.979. The molecule has 0 radical (unpaired) electrons. The second kappa shape index (κ2) is 8.86. The number of benzene rings is 2. The Bertz CT molecular complexity index is 729. The maximum Gasteiger partial charge on any atom is 0.344 e. The lowest BCUT2D eigenvalue weighted by Crippen LogP contribution is -2.40. The second-order valence-corrected chi connectivity index (χ2v) is 6.88. The molecule has 1 aliphatic rings. The molecular weight excluding hydrogens is 326 g/mol. The van der Waals surface area contributed by atoms with E-state index < -0.39 is 0 Å². The smallest absolute Gasteiger partial charge is 0.344 e. The molecule has 0 saturated heterocycles. The molecule has 0 bridgehead atoms. The molecule has 2 aromatic rings. The zero-order valence-electron chi connectivity index (χ0n) is 15.5. The Labute approximate surface area is 155 Å². The van der Waals surface area contributed by atoms with Crippen LogP contribution in [0.15, 0.2) is 48.5 Å². The third-order valence-electron chi connectivity index (χ3n) is 4.92. The lowest BCUT2D eigenvalue weighted by Gasteiger charge is -2.32. The van der Waals surface area contributed by atoms with E-state index in [0.29, 0.717) is 18.6 Å². The first-order valence-corrected chi connectivity index (χ1v) is 9.33. The molecule has 26 heavy (non-hydrogen) atoms. The van der Waals surface area contributed by atoms with Gasteiger partial charge in [0.1, 0.15) is 5.75 Å². The predicted octanol–water partition coefficient (Wildman–Crippen LogP) is 3.52. The Balaban J connectivity index is 1.61. The van der Waals surface area contributed by atoms with Gasteiger partial charge in [0.05, 0.1) is 6.61 Å². The fourth-order valence-corrected chi connectivity index (χ4v) is 3.47. The molecule has 4 nitrogen and oxygen atoms in total. The topological polar surface area (TPSA) is 47.6 Å². The molecule has 0 aliphatic heterocycles. The van der Waals surface area contributed by atoms with Gasteiger partial charge in [0.15, 0.2) is 6.61 Å². The van der Waals surface area contributed by atoms with E-state index in [0.717, 1.165) is 25.1 Å². The fourth-order valence-electron chi connectivity index (χ4n) is 3.47. The Hall–Kier alpha value is -2.33. The highest BCUT2D eigenvalue weighted by Gasteiger charge is 2.25. The van der Waals surface area contributed by atoms with Crippen molar-refractivity contribution in [2.24, 2.45) is 5.92 Å². The van der Waals surface area contributed by atoms with Crippen molar-refractivity contribution in [2.75, 3.05) is 13.2 Å². The maximum atomic E-state index is 11.5. The molecule has 0 aromatic heterocycles. The van der Waals surface area contributed by atoms with Gasteiger partial charge < -0.3 is 14.8 Å². The second-order valence-electron chi connectivity index (χ2n) is 6.88. The molecule has 0 saturated carbocycles. The SMILES string of the molecule is CCOC(=O)COc1ccc2c(c1)CC(NCc1ccccc1)C(C)C2. The van der Waals surface area contributed by atoms with Crippen LogP contribution < -0.4 is 10.1 Å². The molecule has 1 aliphatic carbocycles. The highest BCUT2D eigenvalue weighted by Crippen LogP contribution is 2.29. The van der Waals surface area contributed by atoms with Crippen LogP contribution >= 0.6 is 0 Å². The third-order valence-corrected chi connectivity index (χ3v) is 4.92. The first-order valence-electron chi connectivity index (χ1n) is 9.33. The van der Waals surface area contributed by atoms with Gasteiger partial charge in [-0.15, -0.1) is 0 Å². The summed E-state index contributed by atoms with van der Waals surface area (Å²) in [6.07, 6.45) is 2.03. The Morgan fingerprint density at radius 3 is 2.69 bits per heavy atom. The van der Waals surface area contributed by atoms with E-state index >= 15 is 0 Å². The fraction of sp³-hybridized carbons (Fsp3) is 0.409. The van der Waals surface area contributed by atoms with Gasteiger partial charge >= 0.3 is 5.97 Å². The van der Waals surface area contributed by atoms with Gasteiger partial charge in [-0.2, -0.15) is 0 Å². The van der Waals surface area contributed by atoms with Gasteiger partial charge in [-0.1, -0.05) is 43.3 Å². The highest BCUT2D eigenvalue weighted by molar-refractivity contribution is 5.71. The van der Waals surface area contributed by atoms with Gasteiger partial charge in [0.2, 0.25) is 0 Å². The van der Waals surface area contributed by atoms with Crippen molar-refractivity contribution in [2.45, 2.75) is 39.3 Å². The summed E-state index contributed by atoms with van der Waals surface area (Å²) in [7, 11) is 0. The first kappa shape index (κ1) is 18.5. The number of hydrogen-bond acceptors (Lipinski definition) is 4. The van der Waals surface area contributed by atoms with E-state index in [2.05, 4.69) is 48.6 Å². The minimum atomic E-state index is -0.332. The monoisotopic (exact) mass is 353 g/mol. The molecule has 138 valence electrons. The molecule has 0 heterocycles. The Morgan fingerprint density at radius 2 is 1.92 bits per heavy atom. The summed E-state index contributed by atoms with van der Waals surface area (Å²) in [6, 6.07) is 17.1. The number of fused-ring (bicyclic) bond motifs is 1. The average Bonchev–Trinajstić information content (AvgIpc) is 2.66. The number of carbonyl (C=O) groups is 1. The van der Waals surface area contributed by atoms with Crippen molar-refractivity contribution in [3.05, 3.63) is 65.2 Å². The number of esters is 1. The maximum absolute atomic E-state index is 11.5. The van der Waals surface area contributed by atoms with Gasteiger partial charge in [0.25, 0.3) is 0 Å². The van der Waals surface area contributed by atoms with E-state index in [9.17, 15) is 4.79 Å². The zero-order valence-corrected chi connectivity index (χ0v) is 15.5. The predicted molar refractivity (Wildman–Crippen MR) is 102 cm³/mol. The standard InChI is InChI=1S/C22H27NO3/c1-3-25-22(24)15-26-20-10-9-18-11-16(2)21(13-19(18)12-20)23-14-17-7-5-4-6-8-17/h4-10,12,16,21,23H,3,11,13-15H2,1-2H3. The van der Waals surface area contributed by atoms with Crippen LogP contribution in [-0.2, 0) is 28.9 Å². The van der Waals surface area contributed by atoms with E-state index in [1.165, 1.54) is 16.7 Å². The number of ether oxygens (including phenoxy) is 2. The van der Waals surface area contributed by atoms with Crippen molar-refractivity contribution >= 4 is 5.97 Å². The zero-order chi connectivity index (χ0) is 18.4. The van der Waals surface area contributed by atoms with Crippen LogP contribution in [0.3, 0.4) is 0 Å². The largest absolute Gasteiger partial charge is 0.482 e. The van der Waals surface area contributed by atoms with Crippen LogP contribution in [0, 0.1) is 5.92 Å². The van der Waals surface area contributed by atoms with E-state index in [1.54, 1.807) is 6.92 Å². The molecule has 1 N–H and O–H groups in total. The molecule has 2 aromatic carbocycles.